The number of hydrogen-bond acceptors (Lipinski definition) is 5. The van der Waals surface area contributed by atoms with Crippen LogP contribution in [0.1, 0.15) is 16.8 Å². The number of aromatic nitrogens is 2. The largest absolute Gasteiger partial charge is 0.445 e. The van der Waals surface area contributed by atoms with E-state index >= 15 is 0 Å². The van der Waals surface area contributed by atoms with Crippen molar-refractivity contribution in [2.75, 3.05) is 0 Å². The molecule has 3 aromatic rings. The molecule has 1 heterocycles. The minimum atomic E-state index is -0.930. The zero-order valence-corrected chi connectivity index (χ0v) is 16.8. The van der Waals surface area contributed by atoms with Crippen LogP contribution >= 0.6 is 0 Å². The van der Waals surface area contributed by atoms with E-state index in [2.05, 4.69) is 20.6 Å². The number of hydrogen-bond donors (Lipinski definition) is 3. The summed E-state index contributed by atoms with van der Waals surface area (Å²) in [6.07, 6.45) is 4.64. The Labute approximate surface area is 180 Å². The maximum absolute atomic E-state index is 12.9. The number of imidazole rings is 1. The Bertz CT molecular complexity index is 962. The number of amides is 2. The van der Waals surface area contributed by atoms with Crippen LogP contribution in [0, 0.1) is 0 Å². The molecule has 0 bridgehead atoms. The number of benzene rings is 2. The minimum absolute atomic E-state index is 0.0796. The van der Waals surface area contributed by atoms with Crippen LogP contribution in [0.4, 0.5) is 4.79 Å². The summed E-state index contributed by atoms with van der Waals surface area (Å²) in [6.45, 7) is 0.0796. The number of H-pyrrole nitrogens is 1. The standard InChI is InChI=1S/C23H23N4O4/c28-14-20(12-19-13-24-16-25-19)26-22(29)21(11-17-7-3-1-4-8-17)27-23(30)31-15-18-9-5-2-6-10-18/h1-10,13,16,20-21H,11-12,15H2,(H,24,25)(H,26,29)(H,27,30)/t20-,21-/m0/s1. The maximum atomic E-state index is 12.9. The number of ether oxygens (including phenoxy) is 1. The van der Waals surface area contributed by atoms with Gasteiger partial charge in [-0.05, 0) is 11.1 Å². The van der Waals surface area contributed by atoms with Crippen molar-refractivity contribution in [3.63, 3.8) is 0 Å². The lowest BCUT2D eigenvalue weighted by Crippen LogP contribution is -2.51. The van der Waals surface area contributed by atoms with Crippen molar-refractivity contribution in [1.82, 2.24) is 20.6 Å². The highest BCUT2D eigenvalue weighted by atomic mass is 16.5. The Morgan fingerprint density at radius 2 is 1.65 bits per heavy atom. The first-order chi connectivity index (χ1) is 15.1. The molecular weight excluding hydrogens is 396 g/mol. The average molecular weight is 419 g/mol. The predicted octanol–water partition coefficient (Wildman–Crippen LogP) is 2.08. The quantitative estimate of drug-likeness (QED) is 0.466. The molecule has 0 saturated carbocycles. The Kier molecular flexibility index (Phi) is 7.93. The van der Waals surface area contributed by atoms with Crippen molar-refractivity contribution < 1.29 is 19.1 Å². The topological polar surface area (TPSA) is 113 Å². The molecule has 1 radical (unpaired) electrons. The number of aromatic amines is 1. The molecule has 8 nitrogen and oxygen atoms in total. The number of rotatable bonds is 10. The van der Waals surface area contributed by atoms with Crippen molar-refractivity contribution in [3.05, 3.63) is 90.0 Å². The van der Waals surface area contributed by atoms with E-state index in [-0.39, 0.29) is 19.4 Å². The number of nitrogens with zero attached hydrogens (tertiary/aromatic N) is 1. The van der Waals surface area contributed by atoms with Gasteiger partial charge in [0, 0.05) is 19.0 Å². The molecule has 2 aromatic carbocycles. The van der Waals surface area contributed by atoms with Gasteiger partial charge in [0.1, 0.15) is 18.7 Å². The highest BCUT2D eigenvalue weighted by molar-refractivity contribution is 5.87. The summed E-state index contributed by atoms with van der Waals surface area (Å²) >= 11 is 0. The molecule has 0 spiro atoms. The molecule has 3 rings (SSSR count). The van der Waals surface area contributed by atoms with Crippen molar-refractivity contribution in [2.24, 2.45) is 0 Å². The Morgan fingerprint density at radius 3 is 2.26 bits per heavy atom. The van der Waals surface area contributed by atoms with Crippen LogP contribution in [0.25, 0.3) is 0 Å². The zero-order valence-electron chi connectivity index (χ0n) is 16.8. The van der Waals surface area contributed by atoms with E-state index < -0.39 is 24.1 Å². The number of carbonyl (C=O) groups excluding carboxylic acids is 3. The zero-order chi connectivity index (χ0) is 21.9. The fourth-order valence-corrected chi connectivity index (χ4v) is 2.97. The van der Waals surface area contributed by atoms with Crippen LogP contribution in [0.15, 0.2) is 73.2 Å². The van der Waals surface area contributed by atoms with E-state index in [1.807, 2.05) is 66.9 Å². The van der Waals surface area contributed by atoms with Crippen molar-refractivity contribution in [3.8, 4) is 0 Å². The van der Waals surface area contributed by atoms with Crippen molar-refractivity contribution >= 4 is 18.3 Å². The lowest BCUT2D eigenvalue weighted by atomic mass is 10.0. The van der Waals surface area contributed by atoms with Crippen LogP contribution in [0.3, 0.4) is 0 Å². The van der Waals surface area contributed by atoms with Crippen LogP contribution < -0.4 is 10.6 Å². The molecule has 31 heavy (non-hydrogen) atoms. The van der Waals surface area contributed by atoms with E-state index in [4.69, 9.17) is 4.74 Å². The summed E-state index contributed by atoms with van der Waals surface area (Å²) in [5.41, 5.74) is 2.30. The molecule has 2 atom stereocenters. The third-order valence-electron chi connectivity index (χ3n) is 4.53. The van der Waals surface area contributed by atoms with Crippen LogP contribution in [-0.4, -0.2) is 40.3 Å². The second-order valence-corrected chi connectivity index (χ2v) is 6.89. The summed E-state index contributed by atoms with van der Waals surface area (Å²) < 4.78 is 5.24. The van der Waals surface area contributed by atoms with E-state index in [0.717, 1.165) is 11.1 Å². The average Bonchev–Trinajstić information content (AvgIpc) is 3.31. The Hall–Kier alpha value is -3.94. The van der Waals surface area contributed by atoms with Gasteiger partial charge < -0.3 is 20.4 Å². The van der Waals surface area contributed by atoms with Crippen LogP contribution in [0.5, 0.6) is 0 Å². The van der Waals surface area contributed by atoms with Crippen LogP contribution in [0.2, 0.25) is 0 Å². The molecular formula is C23H23N4O4. The van der Waals surface area contributed by atoms with Crippen molar-refractivity contribution in [2.45, 2.75) is 31.5 Å². The smallest absolute Gasteiger partial charge is 0.408 e. The second kappa shape index (κ2) is 11.3. The van der Waals surface area contributed by atoms with Gasteiger partial charge in [0.25, 0.3) is 0 Å². The Morgan fingerprint density at radius 1 is 0.968 bits per heavy atom. The monoisotopic (exact) mass is 419 g/mol. The molecule has 0 fully saturated rings. The summed E-state index contributed by atoms with van der Waals surface area (Å²) in [4.78, 5) is 43.4. The van der Waals surface area contributed by atoms with Gasteiger partial charge >= 0.3 is 6.09 Å². The van der Waals surface area contributed by atoms with Gasteiger partial charge in [-0.2, -0.15) is 0 Å². The minimum Gasteiger partial charge on any atom is -0.445 e. The van der Waals surface area contributed by atoms with Gasteiger partial charge in [0.15, 0.2) is 0 Å². The normalized spacial score (nSPS) is 12.4. The molecule has 8 heteroatoms. The third-order valence-corrected chi connectivity index (χ3v) is 4.53. The van der Waals surface area contributed by atoms with E-state index in [9.17, 15) is 14.4 Å². The number of carbonyl (C=O) groups is 2. The van der Waals surface area contributed by atoms with Gasteiger partial charge in [-0.25, -0.2) is 9.78 Å². The lowest BCUT2D eigenvalue weighted by molar-refractivity contribution is -0.123. The fourth-order valence-electron chi connectivity index (χ4n) is 2.97. The number of nitrogens with one attached hydrogen (secondary N) is 3. The molecule has 159 valence electrons. The molecule has 0 aliphatic heterocycles. The first kappa shape index (κ1) is 21.8. The van der Waals surface area contributed by atoms with E-state index in [0.29, 0.717) is 5.69 Å². The first-order valence-corrected chi connectivity index (χ1v) is 9.81. The number of alkyl carbamates (subject to hydrolysis) is 1. The lowest BCUT2D eigenvalue weighted by Gasteiger charge is -2.20. The highest BCUT2D eigenvalue weighted by Crippen LogP contribution is 2.06. The molecule has 3 N–H and O–H groups in total. The fraction of sp³-hybridized carbons (Fsp3) is 0.217. The second-order valence-electron chi connectivity index (χ2n) is 6.89. The Balaban J connectivity index is 1.63. The SMILES string of the molecule is O=[C][C@H](Cc1c[nH]cn1)NC(=O)[C@H](Cc1ccccc1)NC(=O)OCc1ccccc1. The van der Waals surface area contributed by atoms with Gasteiger partial charge in [-0.1, -0.05) is 60.7 Å². The summed E-state index contributed by atoms with van der Waals surface area (Å²) in [5, 5.41) is 5.22. The summed E-state index contributed by atoms with van der Waals surface area (Å²) in [7, 11) is 0. The van der Waals surface area contributed by atoms with Gasteiger partial charge in [0.05, 0.1) is 12.0 Å². The summed E-state index contributed by atoms with van der Waals surface area (Å²) in [5.74, 6) is -0.510. The van der Waals surface area contributed by atoms with Gasteiger partial charge in [-0.3, -0.25) is 9.59 Å². The maximum Gasteiger partial charge on any atom is 0.408 e. The van der Waals surface area contributed by atoms with Crippen LogP contribution in [-0.2, 0) is 33.8 Å². The van der Waals surface area contributed by atoms with E-state index in [1.165, 1.54) is 6.33 Å². The molecule has 0 saturated heterocycles. The molecule has 1 aromatic heterocycles. The highest BCUT2D eigenvalue weighted by Gasteiger charge is 2.25. The molecule has 2 amide bonds. The first-order valence-electron chi connectivity index (χ1n) is 9.81. The molecule has 0 aliphatic rings. The third kappa shape index (κ3) is 7.11. The van der Waals surface area contributed by atoms with E-state index in [1.54, 1.807) is 6.20 Å². The predicted molar refractivity (Wildman–Crippen MR) is 114 cm³/mol. The van der Waals surface area contributed by atoms with Crippen molar-refractivity contribution in [1.29, 1.82) is 0 Å². The summed E-state index contributed by atoms with van der Waals surface area (Å²) in [6, 6.07) is 16.7. The molecule has 0 unspecified atom stereocenters. The molecule has 0 aliphatic carbocycles. The van der Waals surface area contributed by atoms with Gasteiger partial charge in [0.2, 0.25) is 12.2 Å². The van der Waals surface area contributed by atoms with Gasteiger partial charge in [-0.15, -0.1) is 0 Å².